The molecule has 4 heteroatoms. The summed E-state index contributed by atoms with van der Waals surface area (Å²) in [5.74, 6) is 0.859. The van der Waals surface area contributed by atoms with Gasteiger partial charge in [0.05, 0.1) is 0 Å². The summed E-state index contributed by atoms with van der Waals surface area (Å²) < 4.78 is 0. The minimum atomic E-state index is 0.0955. The molecule has 1 aromatic rings. The standard InChI is InChI=1S/C16H27N3O/c1-6-8-14-10-13(11-15(17-5)18-14)16(20)19(9-7-2)12(3)4/h10-12H,6-9H2,1-5H3,(H,17,18). The van der Waals surface area contributed by atoms with E-state index in [0.717, 1.165) is 42.9 Å². The SMILES string of the molecule is CCCc1cc(C(=O)N(CCC)C(C)C)cc(NC)n1. The molecule has 1 heterocycles. The Labute approximate surface area is 122 Å². The van der Waals surface area contributed by atoms with Crippen molar-refractivity contribution < 1.29 is 4.79 Å². The second-order valence-electron chi connectivity index (χ2n) is 5.32. The Morgan fingerprint density at radius 3 is 2.50 bits per heavy atom. The number of nitrogens with zero attached hydrogens (tertiary/aromatic N) is 2. The Hall–Kier alpha value is -1.58. The van der Waals surface area contributed by atoms with E-state index in [1.54, 1.807) is 0 Å². The highest BCUT2D eigenvalue weighted by atomic mass is 16.2. The molecule has 4 nitrogen and oxygen atoms in total. The van der Waals surface area contributed by atoms with E-state index in [1.807, 2.05) is 24.1 Å². The quantitative estimate of drug-likeness (QED) is 0.831. The molecule has 0 saturated carbocycles. The van der Waals surface area contributed by atoms with Gasteiger partial charge in [-0.3, -0.25) is 4.79 Å². The van der Waals surface area contributed by atoms with Crippen molar-refractivity contribution in [2.75, 3.05) is 18.9 Å². The molecular formula is C16H27N3O. The van der Waals surface area contributed by atoms with Crippen LogP contribution in [0.25, 0.3) is 0 Å². The Kier molecular flexibility index (Phi) is 6.49. The third kappa shape index (κ3) is 4.22. The number of anilines is 1. The van der Waals surface area contributed by atoms with E-state index in [4.69, 9.17) is 0 Å². The van der Waals surface area contributed by atoms with Crippen molar-refractivity contribution in [2.45, 2.75) is 53.0 Å². The fraction of sp³-hybridized carbons (Fsp3) is 0.625. The lowest BCUT2D eigenvalue weighted by molar-refractivity contribution is 0.0705. The molecular weight excluding hydrogens is 250 g/mol. The molecule has 0 aliphatic rings. The summed E-state index contributed by atoms with van der Waals surface area (Å²) in [7, 11) is 1.83. The van der Waals surface area contributed by atoms with Crippen molar-refractivity contribution in [1.29, 1.82) is 0 Å². The molecule has 0 aliphatic carbocycles. The number of carbonyl (C=O) groups is 1. The fourth-order valence-electron chi connectivity index (χ4n) is 2.22. The number of aromatic nitrogens is 1. The number of aryl methyl sites for hydroxylation is 1. The molecule has 0 aromatic carbocycles. The predicted molar refractivity (Wildman–Crippen MR) is 84.2 cm³/mol. The van der Waals surface area contributed by atoms with Crippen molar-refractivity contribution in [3.8, 4) is 0 Å². The van der Waals surface area contributed by atoms with E-state index in [-0.39, 0.29) is 11.9 Å². The Morgan fingerprint density at radius 1 is 1.30 bits per heavy atom. The van der Waals surface area contributed by atoms with Crippen molar-refractivity contribution in [1.82, 2.24) is 9.88 Å². The molecule has 0 atom stereocenters. The van der Waals surface area contributed by atoms with Gasteiger partial charge < -0.3 is 10.2 Å². The zero-order valence-corrected chi connectivity index (χ0v) is 13.4. The predicted octanol–water partition coefficient (Wildman–Crippen LogP) is 3.34. The minimum absolute atomic E-state index is 0.0955. The molecule has 1 N–H and O–H groups in total. The first-order valence-electron chi connectivity index (χ1n) is 7.53. The van der Waals surface area contributed by atoms with Crippen LogP contribution in [0.2, 0.25) is 0 Å². The highest BCUT2D eigenvalue weighted by Gasteiger charge is 2.19. The lowest BCUT2D eigenvalue weighted by Crippen LogP contribution is -2.37. The Balaban J connectivity index is 3.09. The van der Waals surface area contributed by atoms with Crippen molar-refractivity contribution >= 4 is 11.7 Å². The van der Waals surface area contributed by atoms with Gasteiger partial charge in [0, 0.05) is 30.9 Å². The second kappa shape index (κ2) is 7.88. The average Bonchev–Trinajstić information content (AvgIpc) is 2.43. The maximum absolute atomic E-state index is 12.7. The normalized spacial score (nSPS) is 10.7. The van der Waals surface area contributed by atoms with Crippen LogP contribution in [-0.4, -0.2) is 35.4 Å². The topological polar surface area (TPSA) is 45.2 Å². The third-order valence-corrected chi connectivity index (χ3v) is 3.24. The summed E-state index contributed by atoms with van der Waals surface area (Å²) >= 11 is 0. The first-order chi connectivity index (χ1) is 9.53. The molecule has 1 amide bonds. The lowest BCUT2D eigenvalue weighted by Gasteiger charge is -2.26. The van der Waals surface area contributed by atoms with E-state index < -0.39 is 0 Å². The zero-order chi connectivity index (χ0) is 15.1. The summed E-state index contributed by atoms with van der Waals surface area (Å²) in [6, 6.07) is 3.98. The molecule has 1 aromatic heterocycles. The van der Waals surface area contributed by atoms with Gasteiger partial charge in [-0.2, -0.15) is 0 Å². The summed E-state index contributed by atoms with van der Waals surface area (Å²) in [5, 5.41) is 3.04. The van der Waals surface area contributed by atoms with E-state index in [9.17, 15) is 4.79 Å². The van der Waals surface area contributed by atoms with Gasteiger partial charge in [0.15, 0.2) is 0 Å². The summed E-state index contributed by atoms with van der Waals surface area (Å²) in [6.45, 7) is 9.11. The van der Waals surface area contributed by atoms with Gasteiger partial charge >= 0.3 is 0 Å². The van der Waals surface area contributed by atoms with E-state index in [2.05, 4.69) is 38.0 Å². The van der Waals surface area contributed by atoms with Crippen LogP contribution in [0.4, 0.5) is 5.82 Å². The van der Waals surface area contributed by atoms with Gasteiger partial charge in [-0.05, 0) is 38.8 Å². The molecule has 0 bridgehead atoms. The van der Waals surface area contributed by atoms with Crippen LogP contribution in [0, 0.1) is 0 Å². The number of amides is 1. The van der Waals surface area contributed by atoms with Gasteiger partial charge in [0.1, 0.15) is 5.82 Å². The number of pyridine rings is 1. The number of nitrogens with one attached hydrogen (secondary N) is 1. The Bertz CT molecular complexity index is 443. The van der Waals surface area contributed by atoms with Crippen LogP contribution in [0.5, 0.6) is 0 Å². The molecule has 112 valence electrons. The van der Waals surface area contributed by atoms with E-state index in [0.29, 0.717) is 0 Å². The molecule has 0 aliphatic heterocycles. The highest BCUT2D eigenvalue weighted by molar-refractivity contribution is 5.95. The second-order valence-corrected chi connectivity index (χ2v) is 5.32. The monoisotopic (exact) mass is 277 g/mol. The smallest absolute Gasteiger partial charge is 0.254 e. The van der Waals surface area contributed by atoms with Gasteiger partial charge in [-0.25, -0.2) is 4.98 Å². The maximum atomic E-state index is 12.7. The van der Waals surface area contributed by atoms with Crippen molar-refractivity contribution in [2.24, 2.45) is 0 Å². The largest absolute Gasteiger partial charge is 0.373 e. The van der Waals surface area contributed by atoms with Crippen LogP contribution in [0.15, 0.2) is 12.1 Å². The van der Waals surface area contributed by atoms with Gasteiger partial charge in [0.2, 0.25) is 0 Å². The molecule has 0 unspecified atom stereocenters. The highest BCUT2D eigenvalue weighted by Crippen LogP contribution is 2.15. The molecule has 0 spiro atoms. The van der Waals surface area contributed by atoms with Crippen LogP contribution >= 0.6 is 0 Å². The van der Waals surface area contributed by atoms with Crippen molar-refractivity contribution in [3.63, 3.8) is 0 Å². The van der Waals surface area contributed by atoms with Crippen LogP contribution in [0.3, 0.4) is 0 Å². The summed E-state index contributed by atoms with van der Waals surface area (Å²) in [6.07, 6.45) is 2.89. The summed E-state index contributed by atoms with van der Waals surface area (Å²) in [5.41, 5.74) is 1.71. The third-order valence-electron chi connectivity index (χ3n) is 3.24. The van der Waals surface area contributed by atoms with Gasteiger partial charge in [-0.15, -0.1) is 0 Å². The molecule has 1 rings (SSSR count). The van der Waals surface area contributed by atoms with E-state index in [1.165, 1.54) is 0 Å². The maximum Gasteiger partial charge on any atom is 0.254 e. The van der Waals surface area contributed by atoms with Gasteiger partial charge in [0.25, 0.3) is 5.91 Å². The number of rotatable bonds is 7. The summed E-state index contributed by atoms with van der Waals surface area (Å²) in [4.78, 5) is 19.1. The van der Waals surface area contributed by atoms with Gasteiger partial charge in [-0.1, -0.05) is 20.3 Å². The molecule has 0 radical (unpaired) electrons. The first kappa shape index (κ1) is 16.5. The van der Waals surface area contributed by atoms with Crippen molar-refractivity contribution in [3.05, 3.63) is 23.4 Å². The number of hydrogen-bond donors (Lipinski definition) is 1. The fourth-order valence-corrected chi connectivity index (χ4v) is 2.22. The Morgan fingerprint density at radius 2 is 2.00 bits per heavy atom. The molecule has 20 heavy (non-hydrogen) atoms. The number of carbonyl (C=O) groups excluding carboxylic acids is 1. The van der Waals surface area contributed by atoms with Crippen LogP contribution in [-0.2, 0) is 6.42 Å². The molecule has 0 fully saturated rings. The molecule has 0 saturated heterocycles. The van der Waals surface area contributed by atoms with E-state index >= 15 is 0 Å². The van der Waals surface area contributed by atoms with Crippen LogP contribution in [0.1, 0.15) is 56.6 Å². The minimum Gasteiger partial charge on any atom is -0.373 e. The zero-order valence-electron chi connectivity index (χ0n) is 13.4. The number of hydrogen-bond acceptors (Lipinski definition) is 3. The first-order valence-corrected chi connectivity index (χ1v) is 7.53. The lowest BCUT2D eigenvalue weighted by atomic mass is 10.1. The average molecular weight is 277 g/mol. The van der Waals surface area contributed by atoms with Crippen LogP contribution < -0.4 is 5.32 Å².